The molecule has 2 aromatic carbocycles. The van der Waals surface area contributed by atoms with E-state index in [0.717, 1.165) is 0 Å². The molecule has 0 atom stereocenters. The van der Waals surface area contributed by atoms with Crippen LogP contribution in [-0.2, 0) is 0 Å². The second-order valence-corrected chi connectivity index (χ2v) is 11.5. The predicted molar refractivity (Wildman–Crippen MR) is 83.3 cm³/mol. The minimum atomic E-state index is -4.67. The summed E-state index contributed by atoms with van der Waals surface area (Å²) in [6.07, 6.45) is 0. The molecule has 0 heterocycles. The van der Waals surface area contributed by atoms with Crippen molar-refractivity contribution in [3.63, 3.8) is 0 Å². The Hall–Kier alpha value is -1.09. The third-order valence-electron chi connectivity index (χ3n) is 2.89. The summed E-state index contributed by atoms with van der Waals surface area (Å²) in [6.45, 7) is 5.33. The molecule has 0 saturated heterocycles. The minimum absolute atomic E-state index is 0.531. The van der Waals surface area contributed by atoms with E-state index in [-0.39, 0.29) is 0 Å². The first-order chi connectivity index (χ1) is 9.71. The van der Waals surface area contributed by atoms with Crippen molar-refractivity contribution in [1.82, 2.24) is 0 Å². The van der Waals surface area contributed by atoms with Crippen LogP contribution in [-0.4, -0.2) is 13.7 Å². The Morgan fingerprint density at radius 3 is 1.58 bits per heavy atom. The van der Waals surface area contributed by atoms with Crippen LogP contribution in [0.5, 0.6) is 0 Å². The Labute approximate surface area is 121 Å². The van der Waals surface area contributed by atoms with Gasteiger partial charge in [-0.25, -0.2) is 0 Å². The van der Waals surface area contributed by atoms with Gasteiger partial charge in [-0.1, -0.05) is 0 Å². The number of hydrogen-bond donors (Lipinski definition) is 0. The Morgan fingerprint density at radius 1 is 0.895 bits per heavy atom. The van der Waals surface area contributed by atoms with E-state index in [1.165, 1.54) is 0 Å². The monoisotopic (exact) mass is 320 g/mol. The number of halogens is 1. The van der Waals surface area contributed by atoms with Crippen LogP contribution >= 0.6 is 0 Å². The Kier molecular flexibility index (Phi) is 3.39. The molecule has 0 fully saturated rings. The zero-order chi connectivity index (χ0) is 15.7. The van der Waals surface area contributed by atoms with Crippen LogP contribution in [0.2, 0.25) is 5.21 Å². The van der Waals surface area contributed by atoms with Crippen molar-refractivity contribution in [3.05, 3.63) is 60.7 Å². The molecule has 2 rings (SSSR count). The summed E-state index contributed by atoms with van der Waals surface area (Å²) >= 11 is -4.67. The van der Waals surface area contributed by atoms with Gasteiger partial charge in [-0.3, -0.25) is 0 Å². The quantitative estimate of drug-likeness (QED) is 0.756. The molecule has 100 valence electrons. The van der Waals surface area contributed by atoms with Crippen molar-refractivity contribution in [2.75, 3.05) is 0 Å². The van der Waals surface area contributed by atoms with Gasteiger partial charge in [0.2, 0.25) is 0 Å². The van der Waals surface area contributed by atoms with Crippen LogP contribution in [0.1, 0.15) is 23.5 Å². The van der Waals surface area contributed by atoms with Gasteiger partial charge in [0, 0.05) is 0 Å². The van der Waals surface area contributed by atoms with Gasteiger partial charge in [-0.15, -0.1) is 0 Å². The van der Waals surface area contributed by atoms with Crippen LogP contribution in [0.25, 0.3) is 0 Å². The molecule has 19 heavy (non-hydrogen) atoms. The van der Waals surface area contributed by atoms with Crippen LogP contribution in [0.4, 0.5) is 3.50 Å². The molecular weight excluding hydrogens is 296 g/mol. The number of rotatable bonds is 3. The van der Waals surface area contributed by atoms with E-state index in [0.29, 0.717) is 8.79 Å². The zero-order valence-electron chi connectivity index (χ0n) is 13.7. The average Bonchev–Trinajstić information content (AvgIpc) is 2.47. The van der Waals surface area contributed by atoms with E-state index in [2.05, 4.69) is 0 Å². The normalized spacial score (nSPS) is 14.7. The van der Waals surface area contributed by atoms with Gasteiger partial charge in [-0.05, 0) is 0 Å². The van der Waals surface area contributed by atoms with E-state index in [9.17, 15) is 0 Å². The first-order valence-corrected chi connectivity index (χ1v) is 10.5. The van der Waals surface area contributed by atoms with Gasteiger partial charge in [0.05, 0.1) is 0 Å². The van der Waals surface area contributed by atoms with Gasteiger partial charge in [0.25, 0.3) is 0 Å². The summed E-state index contributed by atoms with van der Waals surface area (Å²) in [7, 11) is 0. The fourth-order valence-corrected chi connectivity index (χ4v) is 8.37. The van der Waals surface area contributed by atoms with E-state index < -0.39 is 24.4 Å². The molecule has 0 aliphatic carbocycles. The van der Waals surface area contributed by atoms with E-state index in [4.69, 9.17) is 2.74 Å². The van der Waals surface area contributed by atoms with Gasteiger partial charge in [-0.2, -0.15) is 0 Å². The van der Waals surface area contributed by atoms with Gasteiger partial charge < -0.3 is 0 Å². The number of benzene rings is 2. The first-order valence-electron chi connectivity index (χ1n) is 7.51. The summed E-state index contributed by atoms with van der Waals surface area (Å²) in [5, 5.41) is -1.88. The molecule has 0 spiro atoms. The molecule has 0 aromatic heterocycles. The van der Waals surface area contributed by atoms with Crippen molar-refractivity contribution in [2.45, 2.75) is 26.0 Å². The molecule has 2 aromatic rings. The van der Waals surface area contributed by atoms with Crippen molar-refractivity contribution in [2.24, 2.45) is 5.41 Å². The maximum atomic E-state index is 16.3. The average molecular weight is 319 g/mol. The Morgan fingerprint density at radius 2 is 1.26 bits per heavy atom. The van der Waals surface area contributed by atoms with Crippen molar-refractivity contribution < 1.29 is 6.24 Å². The number of hydrogen-bond acceptors (Lipinski definition) is 0. The summed E-state index contributed by atoms with van der Waals surface area (Å²) in [5.74, 6) is 0. The zero-order valence-corrected chi connectivity index (χ0v) is 13.7. The molecule has 0 nitrogen and oxygen atoms in total. The Bertz CT molecular complexity index is 552. The summed E-state index contributed by atoms with van der Waals surface area (Å²) in [4.78, 5) is 0. The van der Waals surface area contributed by atoms with Crippen LogP contribution in [0, 0.1) is 5.41 Å². The van der Waals surface area contributed by atoms with Crippen molar-refractivity contribution >= 4 is 22.5 Å². The molecule has 0 radical (unpaired) electrons. The summed E-state index contributed by atoms with van der Waals surface area (Å²) < 4.78 is 34.6. The molecule has 0 saturated carbocycles. The SMILES string of the molecule is [2H][C]([2H])(C(C)(C)C)[Ge]([F])([c]1ccccc1)[c]1ccccc1. The predicted octanol–water partition coefficient (Wildman–Crippen LogP) is 3.76. The van der Waals surface area contributed by atoms with Crippen LogP contribution in [0.15, 0.2) is 60.7 Å². The van der Waals surface area contributed by atoms with E-state index in [1.54, 1.807) is 69.3 Å². The molecule has 0 aliphatic rings. The van der Waals surface area contributed by atoms with Crippen molar-refractivity contribution in [3.8, 4) is 0 Å². The third-order valence-corrected chi connectivity index (χ3v) is 9.92. The third kappa shape index (κ3) is 3.47. The molecule has 0 amide bonds. The van der Waals surface area contributed by atoms with Gasteiger partial charge in [0.1, 0.15) is 0 Å². The van der Waals surface area contributed by atoms with Gasteiger partial charge >= 0.3 is 121 Å². The van der Waals surface area contributed by atoms with Crippen LogP contribution in [0.3, 0.4) is 0 Å². The van der Waals surface area contributed by atoms with E-state index >= 15 is 3.50 Å². The van der Waals surface area contributed by atoms with E-state index in [1.807, 2.05) is 12.1 Å². The fourth-order valence-electron chi connectivity index (χ4n) is 2.16. The Balaban J connectivity index is 2.73. The summed E-state index contributed by atoms with van der Waals surface area (Å²) in [5.41, 5.74) is -0.770. The maximum absolute atomic E-state index is 16.3. The van der Waals surface area contributed by atoms with Crippen molar-refractivity contribution in [1.29, 1.82) is 0 Å². The summed E-state index contributed by atoms with van der Waals surface area (Å²) in [6, 6.07) is 17.8. The second kappa shape index (κ2) is 5.50. The topological polar surface area (TPSA) is 0 Å². The van der Waals surface area contributed by atoms with Gasteiger partial charge in [0.15, 0.2) is 0 Å². The first kappa shape index (κ1) is 11.7. The standard InChI is InChI=1S/C17H21FGe/c1-17(2,3)14-19(18,15-10-6-4-7-11-15)16-12-8-5-9-13-16/h4-13H,14H2,1-3H3/i14D2. The molecule has 0 aliphatic heterocycles. The molecule has 0 N–H and O–H groups in total. The molecule has 2 heteroatoms. The van der Waals surface area contributed by atoms with Crippen LogP contribution < -0.4 is 8.79 Å². The fraction of sp³-hybridized carbons (Fsp3) is 0.294. The molecule has 0 bridgehead atoms. The molecular formula is C17H21FGe. The second-order valence-electron chi connectivity index (χ2n) is 5.77. The molecule has 0 unspecified atom stereocenters.